The first-order chi connectivity index (χ1) is 9.66. The van der Waals surface area contributed by atoms with Crippen molar-refractivity contribution in [3.63, 3.8) is 0 Å². The Morgan fingerprint density at radius 3 is 2.30 bits per heavy atom. The number of rotatable bonds is 2. The molecule has 0 amide bonds. The fourth-order valence-corrected chi connectivity index (χ4v) is 3.33. The zero-order valence-electron chi connectivity index (χ0n) is 10.7. The maximum atomic E-state index is 6.47. The summed E-state index contributed by atoms with van der Waals surface area (Å²) in [6.45, 7) is 0. The van der Waals surface area contributed by atoms with Gasteiger partial charge in [-0.05, 0) is 40.1 Å². The first kappa shape index (κ1) is 13.8. The molecule has 0 aliphatic heterocycles. The van der Waals surface area contributed by atoms with Gasteiger partial charge < -0.3 is 5.73 Å². The highest BCUT2D eigenvalue weighted by atomic mass is 79.9. The van der Waals surface area contributed by atoms with Gasteiger partial charge in [-0.2, -0.15) is 0 Å². The second-order valence-electron chi connectivity index (χ2n) is 4.71. The van der Waals surface area contributed by atoms with Gasteiger partial charge in [0.15, 0.2) is 0 Å². The number of nitrogens with two attached hydrogens (primary N) is 1. The average molecular weight is 391 g/mol. The topological polar surface area (TPSA) is 26.0 Å². The molecular formula is C17H13Br2N. The van der Waals surface area contributed by atoms with Gasteiger partial charge in [0.1, 0.15) is 0 Å². The van der Waals surface area contributed by atoms with Gasteiger partial charge in [0, 0.05) is 8.95 Å². The Morgan fingerprint density at radius 1 is 0.800 bits per heavy atom. The van der Waals surface area contributed by atoms with Gasteiger partial charge in [-0.3, -0.25) is 0 Å². The van der Waals surface area contributed by atoms with Crippen molar-refractivity contribution >= 4 is 42.6 Å². The second-order valence-corrected chi connectivity index (χ2v) is 6.48. The second kappa shape index (κ2) is 5.68. The van der Waals surface area contributed by atoms with Crippen molar-refractivity contribution in [1.29, 1.82) is 0 Å². The molecular weight excluding hydrogens is 378 g/mol. The van der Waals surface area contributed by atoms with E-state index in [9.17, 15) is 0 Å². The van der Waals surface area contributed by atoms with E-state index in [0.717, 1.165) is 20.1 Å². The number of hydrogen-bond donors (Lipinski definition) is 1. The van der Waals surface area contributed by atoms with E-state index in [2.05, 4.69) is 68.3 Å². The molecule has 0 bridgehead atoms. The molecule has 1 atom stereocenters. The van der Waals surface area contributed by atoms with Gasteiger partial charge in [0.2, 0.25) is 0 Å². The molecule has 3 rings (SSSR count). The summed E-state index contributed by atoms with van der Waals surface area (Å²) < 4.78 is 2.14. The number of halogens is 2. The van der Waals surface area contributed by atoms with Crippen LogP contribution in [0.2, 0.25) is 0 Å². The Labute approximate surface area is 135 Å². The minimum absolute atomic E-state index is 0.134. The monoisotopic (exact) mass is 389 g/mol. The molecule has 0 saturated heterocycles. The van der Waals surface area contributed by atoms with Gasteiger partial charge >= 0.3 is 0 Å². The maximum Gasteiger partial charge on any atom is 0.0558 e. The third-order valence-electron chi connectivity index (χ3n) is 3.45. The minimum atomic E-state index is -0.134. The lowest BCUT2D eigenvalue weighted by Crippen LogP contribution is -2.12. The van der Waals surface area contributed by atoms with E-state index >= 15 is 0 Å². The first-order valence-electron chi connectivity index (χ1n) is 6.35. The van der Waals surface area contributed by atoms with Crippen LogP contribution in [0, 0.1) is 0 Å². The van der Waals surface area contributed by atoms with E-state index in [1.54, 1.807) is 0 Å². The van der Waals surface area contributed by atoms with Crippen LogP contribution >= 0.6 is 31.9 Å². The summed E-state index contributed by atoms with van der Waals surface area (Å²) in [5, 5.41) is 2.38. The molecule has 0 heterocycles. The molecule has 1 unspecified atom stereocenters. The van der Waals surface area contributed by atoms with Crippen molar-refractivity contribution in [2.45, 2.75) is 6.04 Å². The molecule has 0 aromatic heterocycles. The van der Waals surface area contributed by atoms with Crippen molar-refractivity contribution in [3.05, 3.63) is 80.7 Å². The number of hydrogen-bond acceptors (Lipinski definition) is 1. The van der Waals surface area contributed by atoms with E-state index < -0.39 is 0 Å². The van der Waals surface area contributed by atoms with Crippen molar-refractivity contribution in [1.82, 2.24) is 0 Å². The molecule has 3 aromatic rings. The zero-order valence-corrected chi connectivity index (χ0v) is 13.9. The molecule has 3 aromatic carbocycles. The van der Waals surface area contributed by atoms with Gasteiger partial charge in [-0.15, -0.1) is 0 Å². The zero-order chi connectivity index (χ0) is 14.1. The minimum Gasteiger partial charge on any atom is -0.320 e. The summed E-state index contributed by atoms with van der Waals surface area (Å²) in [5.41, 5.74) is 8.71. The Hall–Kier alpha value is -1.16. The Kier molecular flexibility index (Phi) is 3.92. The van der Waals surface area contributed by atoms with E-state index in [4.69, 9.17) is 5.73 Å². The SMILES string of the molecule is NC(c1cccc(Br)c1)c1ccc(Br)c2ccccc12. The molecule has 3 heteroatoms. The molecule has 100 valence electrons. The molecule has 20 heavy (non-hydrogen) atoms. The summed E-state index contributed by atoms with van der Waals surface area (Å²) in [6.07, 6.45) is 0. The molecule has 2 N–H and O–H groups in total. The molecule has 0 aliphatic carbocycles. The molecule has 1 nitrogen and oxygen atoms in total. The Bertz CT molecular complexity index is 768. The highest BCUT2D eigenvalue weighted by Crippen LogP contribution is 2.32. The Balaban J connectivity index is 2.17. The fourth-order valence-electron chi connectivity index (χ4n) is 2.44. The predicted octanol–water partition coefficient (Wildman–Crippen LogP) is 5.41. The van der Waals surface area contributed by atoms with Crippen molar-refractivity contribution in [2.75, 3.05) is 0 Å². The van der Waals surface area contributed by atoms with Crippen LogP contribution < -0.4 is 5.73 Å². The van der Waals surface area contributed by atoms with Crippen LogP contribution in [0.5, 0.6) is 0 Å². The van der Waals surface area contributed by atoms with Crippen LogP contribution in [0.15, 0.2) is 69.6 Å². The third kappa shape index (κ3) is 2.53. The molecule has 0 radical (unpaired) electrons. The van der Waals surface area contributed by atoms with Crippen molar-refractivity contribution in [3.8, 4) is 0 Å². The van der Waals surface area contributed by atoms with Gasteiger partial charge in [-0.1, -0.05) is 74.3 Å². The summed E-state index contributed by atoms with van der Waals surface area (Å²) in [6, 6.07) is 20.5. The molecule has 0 saturated carbocycles. The summed E-state index contributed by atoms with van der Waals surface area (Å²) in [7, 11) is 0. The van der Waals surface area contributed by atoms with E-state index in [-0.39, 0.29) is 6.04 Å². The van der Waals surface area contributed by atoms with Crippen molar-refractivity contribution in [2.24, 2.45) is 5.73 Å². The lowest BCUT2D eigenvalue weighted by atomic mass is 9.94. The lowest BCUT2D eigenvalue weighted by molar-refractivity contribution is 0.879. The van der Waals surface area contributed by atoms with Gasteiger partial charge in [-0.25, -0.2) is 0 Å². The number of benzene rings is 3. The lowest BCUT2D eigenvalue weighted by Gasteiger charge is -2.16. The molecule has 0 fully saturated rings. The van der Waals surface area contributed by atoms with Crippen LogP contribution in [0.25, 0.3) is 10.8 Å². The van der Waals surface area contributed by atoms with E-state index in [1.165, 1.54) is 10.8 Å². The largest absolute Gasteiger partial charge is 0.320 e. The average Bonchev–Trinajstić information content (AvgIpc) is 2.47. The molecule has 0 aliphatic rings. The third-order valence-corrected chi connectivity index (χ3v) is 4.63. The summed E-state index contributed by atoms with van der Waals surface area (Å²) >= 11 is 7.10. The van der Waals surface area contributed by atoms with E-state index in [0.29, 0.717) is 0 Å². The quantitative estimate of drug-likeness (QED) is 0.621. The van der Waals surface area contributed by atoms with Crippen LogP contribution in [-0.4, -0.2) is 0 Å². The normalized spacial score (nSPS) is 12.6. The van der Waals surface area contributed by atoms with Crippen molar-refractivity contribution < 1.29 is 0 Å². The fraction of sp³-hybridized carbons (Fsp3) is 0.0588. The maximum absolute atomic E-state index is 6.47. The standard InChI is InChI=1S/C17H13Br2N/c18-12-5-3-4-11(10-12)17(20)15-8-9-16(19)14-7-2-1-6-13(14)15/h1-10,17H,20H2. The van der Waals surface area contributed by atoms with Crippen LogP contribution in [0.3, 0.4) is 0 Å². The number of fused-ring (bicyclic) bond motifs is 1. The summed E-state index contributed by atoms with van der Waals surface area (Å²) in [4.78, 5) is 0. The van der Waals surface area contributed by atoms with Gasteiger partial charge in [0.25, 0.3) is 0 Å². The highest BCUT2D eigenvalue weighted by Gasteiger charge is 2.13. The van der Waals surface area contributed by atoms with Crippen LogP contribution in [0.1, 0.15) is 17.2 Å². The first-order valence-corrected chi connectivity index (χ1v) is 7.93. The molecule has 0 spiro atoms. The Morgan fingerprint density at radius 2 is 1.55 bits per heavy atom. The summed E-state index contributed by atoms with van der Waals surface area (Å²) in [5.74, 6) is 0. The van der Waals surface area contributed by atoms with E-state index in [1.807, 2.05) is 24.3 Å². The van der Waals surface area contributed by atoms with Crippen LogP contribution in [0.4, 0.5) is 0 Å². The predicted molar refractivity (Wildman–Crippen MR) is 91.8 cm³/mol. The highest BCUT2D eigenvalue weighted by molar-refractivity contribution is 9.11. The smallest absolute Gasteiger partial charge is 0.0558 e. The van der Waals surface area contributed by atoms with Gasteiger partial charge in [0.05, 0.1) is 6.04 Å². The van der Waals surface area contributed by atoms with Crippen LogP contribution in [-0.2, 0) is 0 Å².